The molecule has 0 aliphatic heterocycles. The number of benzene rings is 2. The Hall–Kier alpha value is -2.38. The van der Waals surface area contributed by atoms with Gasteiger partial charge in [0.05, 0.1) is 17.7 Å². The molecule has 0 fully saturated rings. The number of nitrogens with zero attached hydrogens (tertiary/aromatic N) is 2. The van der Waals surface area contributed by atoms with Crippen LogP contribution in [0.1, 0.15) is 6.92 Å². The third-order valence-electron chi connectivity index (χ3n) is 4.28. The molecule has 0 unspecified atom stereocenters. The van der Waals surface area contributed by atoms with E-state index in [9.17, 15) is 13.2 Å². The Morgan fingerprint density at radius 3 is 2.56 bits per heavy atom. The van der Waals surface area contributed by atoms with Crippen LogP contribution in [0.5, 0.6) is 0 Å². The average molecular weight is 447 g/mol. The summed E-state index contributed by atoms with van der Waals surface area (Å²) in [6.45, 7) is 6.26. The average Bonchev–Trinajstić information content (AvgIpc) is 2.66. The summed E-state index contributed by atoms with van der Waals surface area (Å²) in [6, 6.07) is 15.2. The molecule has 0 saturated carbocycles. The third-order valence-corrected chi connectivity index (χ3v) is 7.08. The van der Waals surface area contributed by atoms with Gasteiger partial charge < -0.3 is 4.57 Å². The molecule has 7 heteroatoms. The predicted molar refractivity (Wildman–Crippen MR) is 113 cm³/mol. The van der Waals surface area contributed by atoms with Crippen molar-refractivity contribution in [1.29, 1.82) is 0 Å². The van der Waals surface area contributed by atoms with Crippen molar-refractivity contribution in [2.45, 2.75) is 18.4 Å². The molecule has 0 aliphatic rings. The zero-order valence-electron chi connectivity index (χ0n) is 14.8. The van der Waals surface area contributed by atoms with Gasteiger partial charge in [-0.3, -0.25) is 9.10 Å². The Labute approximate surface area is 166 Å². The molecule has 0 radical (unpaired) electrons. The fourth-order valence-electron chi connectivity index (χ4n) is 3.00. The van der Waals surface area contributed by atoms with Crippen LogP contribution in [0.3, 0.4) is 0 Å². The number of sulfonamides is 1. The molecule has 5 nitrogen and oxygen atoms in total. The van der Waals surface area contributed by atoms with Gasteiger partial charge in [-0.1, -0.05) is 18.2 Å². The number of pyridine rings is 1. The van der Waals surface area contributed by atoms with Crippen LogP contribution in [0.4, 0.5) is 5.69 Å². The summed E-state index contributed by atoms with van der Waals surface area (Å²) in [5, 5.41) is 0.797. The summed E-state index contributed by atoms with van der Waals surface area (Å²) in [7, 11) is -3.79. The SMILES string of the molecule is C=CCN(c1ccc2c(ccc(=O)n2CC)c1)S(=O)(=O)c1ccccc1Br. The highest BCUT2D eigenvalue weighted by molar-refractivity contribution is 9.10. The summed E-state index contributed by atoms with van der Waals surface area (Å²) in [6.07, 6.45) is 1.55. The zero-order chi connectivity index (χ0) is 19.6. The van der Waals surface area contributed by atoms with E-state index in [2.05, 4.69) is 22.5 Å². The van der Waals surface area contributed by atoms with Crippen molar-refractivity contribution in [2.75, 3.05) is 10.8 Å². The highest BCUT2D eigenvalue weighted by atomic mass is 79.9. The van der Waals surface area contributed by atoms with Crippen molar-refractivity contribution >= 4 is 42.5 Å². The normalized spacial score (nSPS) is 11.5. The van der Waals surface area contributed by atoms with Gasteiger partial charge in [0.25, 0.3) is 15.6 Å². The molecule has 3 rings (SSSR count). The van der Waals surface area contributed by atoms with Crippen molar-refractivity contribution in [2.24, 2.45) is 0 Å². The fraction of sp³-hybridized carbons (Fsp3) is 0.150. The first-order valence-electron chi connectivity index (χ1n) is 8.42. The fourth-order valence-corrected chi connectivity index (χ4v) is 5.40. The number of fused-ring (bicyclic) bond motifs is 1. The van der Waals surface area contributed by atoms with Gasteiger partial charge in [0.2, 0.25) is 0 Å². The van der Waals surface area contributed by atoms with Crippen LogP contribution in [0, 0.1) is 0 Å². The molecular weight excluding hydrogens is 428 g/mol. The Bertz CT molecular complexity index is 1170. The molecule has 1 heterocycles. The monoisotopic (exact) mass is 446 g/mol. The lowest BCUT2D eigenvalue weighted by Crippen LogP contribution is -2.31. The zero-order valence-corrected chi connectivity index (χ0v) is 17.2. The van der Waals surface area contributed by atoms with E-state index in [1.807, 2.05) is 6.92 Å². The van der Waals surface area contributed by atoms with Gasteiger partial charge >= 0.3 is 0 Å². The van der Waals surface area contributed by atoms with Crippen LogP contribution in [-0.2, 0) is 16.6 Å². The number of aromatic nitrogens is 1. The van der Waals surface area contributed by atoms with Crippen LogP contribution in [0.2, 0.25) is 0 Å². The first kappa shape index (κ1) is 19.4. The van der Waals surface area contributed by atoms with Gasteiger partial charge in [-0.05, 0) is 59.3 Å². The summed E-state index contributed by atoms with van der Waals surface area (Å²) < 4.78 is 30.0. The summed E-state index contributed by atoms with van der Waals surface area (Å²) >= 11 is 3.32. The number of aryl methyl sites for hydroxylation is 1. The minimum atomic E-state index is -3.79. The van der Waals surface area contributed by atoms with Gasteiger partial charge in [-0.15, -0.1) is 6.58 Å². The maximum absolute atomic E-state index is 13.2. The first-order chi connectivity index (χ1) is 12.9. The standard InChI is InChI=1S/C20H19BrN2O3S/c1-3-13-23(27(25,26)19-8-6-5-7-17(19)21)16-10-11-18-15(14-16)9-12-20(24)22(18)4-2/h3,5-12,14H,1,4,13H2,2H3. The van der Waals surface area contributed by atoms with E-state index in [0.717, 1.165) is 10.9 Å². The molecule has 0 saturated heterocycles. The number of anilines is 1. The lowest BCUT2D eigenvalue weighted by Gasteiger charge is -2.24. The van der Waals surface area contributed by atoms with Gasteiger partial charge in [-0.25, -0.2) is 8.42 Å². The largest absolute Gasteiger partial charge is 0.309 e. The van der Waals surface area contributed by atoms with Crippen molar-refractivity contribution in [1.82, 2.24) is 4.57 Å². The van der Waals surface area contributed by atoms with E-state index in [1.165, 1.54) is 10.4 Å². The quantitative estimate of drug-likeness (QED) is 0.533. The molecular formula is C20H19BrN2O3S. The lowest BCUT2D eigenvalue weighted by molar-refractivity contribution is 0.592. The molecule has 140 valence electrons. The third kappa shape index (κ3) is 3.57. The van der Waals surface area contributed by atoms with Gasteiger partial charge in [0.1, 0.15) is 4.90 Å². The smallest absolute Gasteiger partial charge is 0.265 e. The van der Waals surface area contributed by atoms with Crippen LogP contribution in [0.15, 0.2) is 81.4 Å². The molecule has 0 atom stereocenters. The minimum Gasteiger partial charge on any atom is -0.309 e. The predicted octanol–water partition coefficient (Wildman–Crippen LogP) is 4.17. The van der Waals surface area contributed by atoms with E-state index >= 15 is 0 Å². The first-order valence-corrected chi connectivity index (χ1v) is 10.6. The Balaban J connectivity index is 2.18. The molecule has 1 aromatic heterocycles. The van der Waals surface area contributed by atoms with Crippen LogP contribution in [-0.4, -0.2) is 19.5 Å². The highest BCUT2D eigenvalue weighted by Gasteiger charge is 2.26. The van der Waals surface area contributed by atoms with E-state index in [1.54, 1.807) is 59.2 Å². The Morgan fingerprint density at radius 1 is 1.15 bits per heavy atom. The lowest BCUT2D eigenvalue weighted by atomic mass is 10.2. The maximum Gasteiger partial charge on any atom is 0.265 e. The topological polar surface area (TPSA) is 59.4 Å². The summed E-state index contributed by atoms with van der Waals surface area (Å²) in [5.41, 5.74) is 1.20. The summed E-state index contributed by atoms with van der Waals surface area (Å²) in [4.78, 5) is 12.2. The highest BCUT2D eigenvalue weighted by Crippen LogP contribution is 2.30. The Morgan fingerprint density at radius 2 is 1.89 bits per heavy atom. The van der Waals surface area contributed by atoms with Crippen molar-refractivity contribution in [3.8, 4) is 0 Å². The number of hydrogen-bond donors (Lipinski definition) is 0. The Kier molecular flexibility index (Phi) is 5.53. The number of rotatable bonds is 6. The van der Waals surface area contributed by atoms with E-state index in [0.29, 0.717) is 16.7 Å². The molecule has 0 bridgehead atoms. The molecule has 27 heavy (non-hydrogen) atoms. The van der Waals surface area contributed by atoms with E-state index < -0.39 is 10.0 Å². The molecule has 2 aromatic carbocycles. The molecule has 0 aliphatic carbocycles. The molecule has 0 spiro atoms. The van der Waals surface area contributed by atoms with Crippen molar-refractivity contribution < 1.29 is 8.42 Å². The molecule has 0 N–H and O–H groups in total. The van der Waals surface area contributed by atoms with E-state index in [4.69, 9.17) is 0 Å². The number of hydrogen-bond acceptors (Lipinski definition) is 3. The van der Waals surface area contributed by atoms with Crippen LogP contribution in [0.25, 0.3) is 10.9 Å². The van der Waals surface area contributed by atoms with E-state index in [-0.39, 0.29) is 17.0 Å². The number of halogens is 1. The minimum absolute atomic E-state index is 0.0819. The van der Waals surface area contributed by atoms with Gasteiger partial charge in [-0.2, -0.15) is 0 Å². The van der Waals surface area contributed by atoms with Crippen molar-refractivity contribution in [3.63, 3.8) is 0 Å². The second-order valence-electron chi connectivity index (χ2n) is 5.91. The summed E-state index contributed by atoms with van der Waals surface area (Å²) in [5.74, 6) is 0. The molecule has 3 aromatic rings. The molecule has 0 amide bonds. The second kappa shape index (κ2) is 7.70. The van der Waals surface area contributed by atoms with Crippen LogP contribution < -0.4 is 9.86 Å². The van der Waals surface area contributed by atoms with Crippen molar-refractivity contribution in [3.05, 3.63) is 82.1 Å². The van der Waals surface area contributed by atoms with Gasteiger partial charge in [0.15, 0.2) is 0 Å². The second-order valence-corrected chi connectivity index (χ2v) is 8.60. The maximum atomic E-state index is 13.2. The van der Waals surface area contributed by atoms with Gasteiger partial charge in [0, 0.05) is 22.5 Å². The van der Waals surface area contributed by atoms with Crippen LogP contribution >= 0.6 is 15.9 Å².